The summed E-state index contributed by atoms with van der Waals surface area (Å²) in [6.45, 7) is 1.45. The fourth-order valence-corrected chi connectivity index (χ4v) is 6.24. The van der Waals surface area contributed by atoms with Crippen molar-refractivity contribution in [3.63, 3.8) is 0 Å². The fraction of sp³-hybridized carbons (Fsp3) is 0.0385. The van der Waals surface area contributed by atoms with Crippen molar-refractivity contribution in [2.24, 2.45) is 20.5 Å². The summed E-state index contributed by atoms with van der Waals surface area (Å²) in [5, 5.41) is 49.2. The van der Waals surface area contributed by atoms with Gasteiger partial charge in [0.15, 0.2) is 11.4 Å². The number of hydrogen-bond donors (Lipinski definition) is 6. The minimum atomic E-state index is -5.40. The van der Waals surface area contributed by atoms with Crippen LogP contribution in [0.2, 0.25) is 0 Å². The molecule has 0 saturated carbocycles. The van der Waals surface area contributed by atoms with Crippen molar-refractivity contribution in [1.82, 2.24) is 9.78 Å². The second-order valence-electron chi connectivity index (χ2n) is 10.1. The number of aryl methyl sites for hydroxylation is 1. The van der Waals surface area contributed by atoms with Gasteiger partial charge in [-0.15, -0.1) is 20.5 Å². The third kappa shape index (κ3) is 10.5. The van der Waals surface area contributed by atoms with Gasteiger partial charge in [0.25, 0.3) is 35.9 Å². The number of azo groups is 2. The molecule has 0 spiro atoms. The van der Waals surface area contributed by atoms with Crippen LogP contribution in [0.5, 0.6) is 11.5 Å². The van der Waals surface area contributed by atoms with Crippen LogP contribution in [0.25, 0.3) is 16.5 Å². The van der Waals surface area contributed by atoms with Gasteiger partial charge in [0.1, 0.15) is 21.2 Å². The van der Waals surface area contributed by atoms with Gasteiger partial charge in [-0.05, 0) is 48.7 Å². The molecule has 5 aromatic rings. The van der Waals surface area contributed by atoms with Crippen LogP contribution in [0.1, 0.15) is 5.69 Å². The van der Waals surface area contributed by atoms with Gasteiger partial charge in [-0.3, -0.25) is 33.7 Å². The normalized spacial score (nSPS) is 11.8. The van der Waals surface area contributed by atoms with Gasteiger partial charge in [0, 0.05) is 22.6 Å². The minimum Gasteiger partial charge on any atom is -0.505 e. The van der Waals surface area contributed by atoms with Gasteiger partial charge >= 0.3 is 94.4 Å². The van der Waals surface area contributed by atoms with Gasteiger partial charge < -0.3 is 10.2 Å². The number of aromatic amines is 1. The van der Waals surface area contributed by atoms with E-state index in [0.29, 0.717) is 30.0 Å². The fourth-order valence-electron chi connectivity index (χ4n) is 4.53. The molecule has 6 N–H and O–H groups in total. The van der Waals surface area contributed by atoms with Gasteiger partial charge in [0.2, 0.25) is 5.75 Å². The van der Waals surface area contributed by atoms with E-state index >= 15 is 0 Å². The maximum absolute atomic E-state index is 13.1. The van der Waals surface area contributed by atoms with E-state index in [2.05, 4.69) is 25.6 Å². The van der Waals surface area contributed by atoms with Crippen molar-refractivity contribution >= 4 is 69.6 Å². The van der Waals surface area contributed by atoms with Crippen molar-refractivity contribution in [2.75, 3.05) is 0 Å². The number of rotatable bonds is 9. The molecule has 0 aliphatic carbocycles. The molecule has 0 unspecified atom stereocenters. The summed E-state index contributed by atoms with van der Waals surface area (Å²) >= 11 is 0. The Morgan fingerprint density at radius 2 is 1.24 bits per heavy atom. The van der Waals surface area contributed by atoms with Crippen molar-refractivity contribution in [2.45, 2.75) is 21.6 Å². The Labute approximate surface area is 380 Å². The van der Waals surface area contributed by atoms with Crippen LogP contribution in [0, 0.1) is 17.0 Å². The maximum Gasteiger partial charge on any atom is 1.00 e. The molecular weight excluding hydrogens is 858 g/mol. The quantitative estimate of drug-likeness (QED) is 0.0268. The predicted molar refractivity (Wildman–Crippen MR) is 169 cm³/mol. The molecule has 0 fully saturated rings. The number of para-hydroxylation sites is 1. The summed E-state index contributed by atoms with van der Waals surface area (Å²) < 4.78 is 102. The van der Waals surface area contributed by atoms with E-state index < -0.39 is 101 Å². The molecule has 0 saturated heterocycles. The molecule has 1 heterocycles. The molecule has 1 aromatic heterocycles. The molecule has 0 radical (unpaired) electrons. The van der Waals surface area contributed by atoms with E-state index in [9.17, 15) is 64.0 Å². The Bertz CT molecular complexity index is 2730. The van der Waals surface area contributed by atoms with E-state index in [1.807, 2.05) is 0 Å². The van der Waals surface area contributed by atoms with Crippen LogP contribution in [-0.2, 0) is 46.8 Å². The zero-order chi connectivity index (χ0) is 36.9. The summed E-state index contributed by atoms with van der Waals surface area (Å²) in [5.74, 6) is -2.53. The average molecular weight is 877 g/mol. The monoisotopic (exact) mass is 876 g/mol. The van der Waals surface area contributed by atoms with Crippen molar-refractivity contribution in [3.8, 4) is 17.2 Å². The number of nitrogens with zero attached hydrogens (tertiary/aromatic N) is 6. The average Bonchev–Trinajstić information content (AvgIpc) is 3.30. The molecule has 5 rings (SSSR count). The first-order valence-electron chi connectivity index (χ1n) is 13.2. The van der Waals surface area contributed by atoms with Crippen molar-refractivity contribution < 1.29 is 159 Å². The number of fused-ring (bicyclic) bond motifs is 1. The number of nitro groups is 1. The molecule has 0 bridgehead atoms. The summed E-state index contributed by atoms with van der Waals surface area (Å²) in [4.78, 5) is 19.9. The maximum atomic E-state index is 13.1. The zero-order valence-electron chi connectivity index (χ0n) is 27.9. The smallest absolute Gasteiger partial charge is 0.505 e. The van der Waals surface area contributed by atoms with Crippen molar-refractivity contribution in [3.05, 3.63) is 86.8 Å². The van der Waals surface area contributed by atoms with Crippen LogP contribution in [0.15, 0.2) is 101 Å². The van der Waals surface area contributed by atoms with Crippen molar-refractivity contribution in [1.29, 1.82) is 0 Å². The third-order valence-corrected chi connectivity index (χ3v) is 9.32. The summed E-state index contributed by atoms with van der Waals surface area (Å²) in [6.07, 6.45) is 0. The Kier molecular flexibility index (Phi) is 17.2. The Morgan fingerprint density at radius 3 is 1.78 bits per heavy atom. The number of nitrogens with one attached hydrogen (secondary N) is 1. The summed E-state index contributed by atoms with van der Waals surface area (Å²) in [7, 11) is -15.6. The molecule has 0 aliphatic rings. The van der Waals surface area contributed by atoms with Gasteiger partial charge in [0.05, 0.1) is 32.3 Å². The number of benzene rings is 4. The number of phenols is 2. The number of nitro benzene ring substituents is 1. The molecule has 54 heavy (non-hydrogen) atoms. The van der Waals surface area contributed by atoms with Crippen LogP contribution < -0.4 is 94.2 Å². The van der Waals surface area contributed by atoms with Crippen LogP contribution in [0.4, 0.5) is 28.4 Å². The molecule has 0 atom stereocenters. The van der Waals surface area contributed by atoms with Gasteiger partial charge in [-0.2, -0.15) is 25.3 Å². The van der Waals surface area contributed by atoms with Crippen LogP contribution in [-0.4, -0.2) is 63.8 Å². The van der Waals surface area contributed by atoms with Crippen LogP contribution >= 0.6 is 0 Å². The Balaban J connectivity index is 0.00000364. The van der Waals surface area contributed by atoms with Gasteiger partial charge in [-0.25, -0.2) is 4.68 Å². The first kappa shape index (κ1) is 49.6. The Morgan fingerprint density at radius 1 is 0.722 bits per heavy atom. The molecular formula is C26H19N7Na3NiO14S3+3. The van der Waals surface area contributed by atoms with E-state index in [-0.39, 0.29) is 123 Å². The summed E-state index contributed by atoms with van der Waals surface area (Å²) in [5.41, 5.74) is -4.53. The number of hydrogen-bond acceptors (Lipinski definition) is 15. The molecule has 4 aromatic carbocycles. The molecule has 28 heteroatoms. The number of H-pyrrole nitrogens is 1. The molecule has 0 amide bonds. The first-order chi connectivity index (χ1) is 23.2. The molecule has 270 valence electrons. The number of aromatic hydroxyl groups is 2. The molecule has 0 aliphatic heterocycles. The zero-order valence-corrected chi connectivity index (χ0v) is 37.3. The minimum absolute atomic E-state index is 0. The second kappa shape index (κ2) is 18.7. The van der Waals surface area contributed by atoms with Crippen LogP contribution in [0.3, 0.4) is 0 Å². The van der Waals surface area contributed by atoms with E-state index in [0.717, 1.165) is 4.68 Å². The number of aromatic nitrogens is 2. The largest absolute Gasteiger partial charge is 1.00 e. The van der Waals surface area contributed by atoms with E-state index in [4.69, 9.17) is 0 Å². The SMILES string of the molecule is Cc1[nH]n(-c2ccccc2)c(=O)c1N=Nc1cc(S(=O)(=O)O)cc2cc(S(=O)(=O)O)c(N=Nc3cc(S(=O)(=O)O)cc([N+](=O)[O-])c3O)c(O)c12.[Na+].[Na+].[Na+].[Ni]. The molecule has 21 nitrogen and oxygen atoms in total. The summed E-state index contributed by atoms with van der Waals surface area (Å²) in [6, 6.07) is 10.8. The standard InChI is InChI=1S/C26H19N7O14S3.3Na.Ni/c1-12-22(26(36)32(31-12)14-5-3-2-4-6-14)29-27-17-9-15(48(39,40)41)7-13-8-20(50(45,46)47)23(25(35)21(13)17)30-28-18-10-16(49(42,43)44)11-19(24(18)34)33(37)38;;;;/h2-11,31,34-35H,1H3,(H,39,40,41)(H,42,43,44)(H,45,46,47);;;;/q;3*+1;. The predicted octanol–water partition coefficient (Wildman–Crippen LogP) is -4.47. The topological polar surface area (TPSA) is 334 Å². The second-order valence-corrected chi connectivity index (χ2v) is 14.3. The van der Waals surface area contributed by atoms with E-state index in [1.54, 1.807) is 30.3 Å². The Hall–Kier alpha value is -2.43. The van der Waals surface area contributed by atoms with Gasteiger partial charge in [-0.1, -0.05) is 18.2 Å². The number of phenolic OH excluding ortho intramolecular Hbond substituents is 2. The van der Waals surface area contributed by atoms with E-state index in [1.165, 1.54) is 6.92 Å². The third-order valence-electron chi connectivity index (χ3n) is 6.79. The first-order valence-corrected chi connectivity index (χ1v) is 17.5.